The highest BCUT2D eigenvalue weighted by Crippen LogP contribution is 2.28. The molecule has 0 saturated heterocycles. The van der Waals surface area contributed by atoms with Gasteiger partial charge in [0, 0.05) is 15.2 Å². The Balaban J connectivity index is 2.24. The smallest absolute Gasteiger partial charge is 0.0731 e. The van der Waals surface area contributed by atoms with E-state index in [2.05, 4.69) is 88.0 Å². The Hall–Kier alpha value is -0.930. The van der Waals surface area contributed by atoms with Crippen LogP contribution in [0.2, 0.25) is 0 Å². The van der Waals surface area contributed by atoms with E-state index in [-0.39, 0.29) is 6.04 Å². The Labute approximate surface area is 137 Å². The third kappa shape index (κ3) is 3.80. The maximum Gasteiger partial charge on any atom is 0.0731 e. The molecule has 0 heterocycles. The van der Waals surface area contributed by atoms with Gasteiger partial charge in [-0.25, -0.2) is 0 Å². The molecule has 1 nitrogen and oxygen atoms in total. The van der Waals surface area contributed by atoms with Gasteiger partial charge >= 0.3 is 0 Å². The van der Waals surface area contributed by atoms with Gasteiger partial charge in [0.1, 0.15) is 0 Å². The number of benzene rings is 2. The molecule has 0 radical (unpaired) electrons. The van der Waals surface area contributed by atoms with Gasteiger partial charge in [-0.1, -0.05) is 61.7 Å². The van der Waals surface area contributed by atoms with Crippen LogP contribution in [0, 0.1) is 13.8 Å². The van der Waals surface area contributed by atoms with Gasteiger partial charge in [-0.3, -0.25) is 4.99 Å². The van der Waals surface area contributed by atoms with E-state index in [0.717, 1.165) is 8.95 Å². The summed E-state index contributed by atoms with van der Waals surface area (Å²) in [7, 11) is 0. The van der Waals surface area contributed by atoms with Crippen LogP contribution in [0.4, 0.5) is 0 Å². The average molecular weight is 395 g/mol. The predicted molar refractivity (Wildman–Crippen MR) is 93.8 cm³/mol. The molecule has 1 unspecified atom stereocenters. The molecule has 2 rings (SSSR count). The molecule has 0 aromatic heterocycles. The molecule has 20 heavy (non-hydrogen) atoms. The largest absolute Gasteiger partial charge is 0.285 e. The average Bonchev–Trinajstić information content (AvgIpc) is 2.39. The van der Waals surface area contributed by atoms with Crippen molar-refractivity contribution >= 4 is 38.1 Å². The standard InChI is InChI=1S/C17H17Br2N/c1-11-4-5-12(2)14(8-11)10-20-13(3)16-7-6-15(18)9-17(16)19/h4-10,13H,1-3H3. The molecule has 0 saturated carbocycles. The topological polar surface area (TPSA) is 12.4 Å². The van der Waals surface area contributed by atoms with Crippen molar-refractivity contribution in [3.63, 3.8) is 0 Å². The quantitative estimate of drug-likeness (QED) is 0.565. The number of nitrogens with zero attached hydrogens (tertiary/aromatic N) is 1. The van der Waals surface area contributed by atoms with Gasteiger partial charge in [-0.05, 0) is 49.6 Å². The molecular formula is C17H17Br2N. The molecule has 0 spiro atoms. The molecule has 1 atom stereocenters. The summed E-state index contributed by atoms with van der Waals surface area (Å²) in [5, 5.41) is 0. The summed E-state index contributed by atoms with van der Waals surface area (Å²) >= 11 is 7.07. The number of halogens is 2. The van der Waals surface area contributed by atoms with Crippen LogP contribution in [0.3, 0.4) is 0 Å². The van der Waals surface area contributed by atoms with Crippen molar-refractivity contribution in [2.24, 2.45) is 4.99 Å². The Morgan fingerprint density at radius 2 is 1.80 bits per heavy atom. The van der Waals surface area contributed by atoms with Gasteiger partial charge < -0.3 is 0 Å². The van der Waals surface area contributed by atoms with Crippen LogP contribution in [-0.2, 0) is 0 Å². The molecule has 3 heteroatoms. The van der Waals surface area contributed by atoms with E-state index >= 15 is 0 Å². The van der Waals surface area contributed by atoms with Crippen molar-refractivity contribution in [1.82, 2.24) is 0 Å². The van der Waals surface area contributed by atoms with Crippen LogP contribution < -0.4 is 0 Å². The molecule has 0 N–H and O–H groups in total. The first kappa shape index (κ1) is 15.5. The second-order valence-electron chi connectivity index (χ2n) is 4.98. The lowest BCUT2D eigenvalue weighted by molar-refractivity contribution is 0.819. The molecule has 0 aliphatic heterocycles. The van der Waals surface area contributed by atoms with E-state index in [1.54, 1.807) is 0 Å². The zero-order chi connectivity index (χ0) is 14.7. The number of rotatable bonds is 3. The lowest BCUT2D eigenvalue weighted by Gasteiger charge is -2.10. The fourth-order valence-electron chi connectivity index (χ4n) is 2.01. The third-order valence-corrected chi connectivity index (χ3v) is 4.46. The molecule has 104 valence electrons. The van der Waals surface area contributed by atoms with Crippen LogP contribution in [0.15, 0.2) is 50.3 Å². The van der Waals surface area contributed by atoms with Crippen LogP contribution in [0.1, 0.15) is 35.2 Å². The summed E-state index contributed by atoms with van der Waals surface area (Å²) in [5.74, 6) is 0. The van der Waals surface area contributed by atoms with Crippen molar-refractivity contribution in [2.45, 2.75) is 26.8 Å². The Morgan fingerprint density at radius 1 is 1.05 bits per heavy atom. The normalized spacial score (nSPS) is 12.8. The van der Waals surface area contributed by atoms with E-state index in [9.17, 15) is 0 Å². The summed E-state index contributed by atoms with van der Waals surface area (Å²) in [5.41, 5.74) is 4.88. The highest BCUT2D eigenvalue weighted by molar-refractivity contribution is 9.11. The highest BCUT2D eigenvalue weighted by Gasteiger charge is 2.07. The van der Waals surface area contributed by atoms with Gasteiger partial charge in [0.2, 0.25) is 0 Å². The lowest BCUT2D eigenvalue weighted by Crippen LogP contribution is -1.94. The first-order valence-electron chi connectivity index (χ1n) is 6.53. The van der Waals surface area contributed by atoms with Crippen LogP contribution >= 0.6 is 31.9 Å². The van der Waals surface area contributed by atoms with Gasteiger partial charge in [-0.2, -0.15) is 0 Å². The minimum atomic E-state index is 0.123. The fourth-order valence-corrected chi connectivity index (χ4v) is 3.39. The summed E-state index contributed by atoms with van der Waals surface area (Å²) in [6.45, 7) is 6.32. The minimum absolute atomic E-state index is 0.123. The van der Waals surface area contributed by atoms with Crippen molar-refractivity contribution in [1.29, 1.82) is 0 Å². The molecule has 0 amide bonds. The Morgan fingerprint density at radius 3 is 2.50 bits per heavy atom. The van der Waals surface area contributed by atoms with E-state index in [1.807, 2.05) is 12.3 Å². The van der Waals surface area contributed by atoms with E-state index in [0.29, 0.717) is 0 Å². The van der Waals surface area contributed by atoms with Gasteiger partial charge in [0.15, 0.2) is 0 Å². The SMILES string of the molecule is Cc1ccc(C)c(C=NC(C)c2ccc(Br)cc2Br)c1. The fraction of sp³-hybridized carbons (Fsp3) is 0.235. The van der Waals surface area contributed by atoms with Crippen LogP contribution in [0.25, 0.3) is 0 Å². The molecule has 0 bridgehead atoms. The molecule has 0 aliphatic carbocycles. The molecule has 0 aliphatic rings. The van der Waals surface area contributed by atoms with E-state index in [4.69, 9.17) is 0 Å². The summed E-state index contributed by atoms with van der Waals surface area (Å²) in [6.07, 6.45) is 1.97. The number of aliphatic imine (C=N–C) groups is 1. The number of aryl methyl sites for hydroxylation is 2. The summed E-state index contributed by atoms with van der Waals surface area (Å²) in [6, 6.07) is 12.8. The zero-order valence-electron chi connectivity index (χ0n) is 11.8. The molecule has 0 fully saturated rings. The highest BCUT2D eigenvalue weighted by atomic mass is 79.9. The first-order valence-corrected chi connectivity index (χ1v) is 8.11. The summed E-state index contributed by atoms with van der Waals surface area (Å²) < 4.78 is 2.15. The van der Waals surface area contributed by atoms with Gasteiger partial charge in [0.05, 0.1) is 6.04 Å². The van der Waals surface area contributed by atoms with Crippen molar-refractivity contribution in [3.05, 3.63) is 67.6 Å². The first-order chi connectivity index (χ1) is 9.47. The lowest BCUT2D eigenvalue weighted by atomic mass is 10.1. The Bertz CT molecular complexity index is 647. The van der Waals surface area contributed by atoms with Crippen molar-refractivity contribution in [3.8, 4) is 0 Å². The summed E-state index contributed by atoms with van der Waals surface area (Å²) in [4.78, 5) is 4.69. The molecule has 2 aromatic carbocycles. The minimum Gasteiger partial charge on any atom is -0.285 e. The van der Waals surface area contributed by atoms with Crippen LogP contribution in [-0.4, -0.2) is 6.21 Å². The maximum absolute atomic E-state index is 4.69. The number of hydrogen-bond donors (Lipinski definition) is 0. The van der Waals surface area contributed by atoms with Crippen LogP contribution in [0.5, 0.6) is 0 Å². The number of hydrogen-bond acceptors (Lipinski definition) is 1. The van der Waals surface area contributed by atoms with Crippen molar-refractivity contribution < 1.29 is 0 Å². The monoisotopic (exact) mass is 393 g/mol. The van der Waals surface area contributed by atoms with E-state index in [1.165, 1.54) is 22.3 Å². The van der Waals surface area contributed by atoms with Gasteiger partial charge in [-0.15, -0.1) is 0 Å². The van der Waals surface area contributed by atoms with Gasteiger partial charge in [0.25, 0.3) is 0 Å². The van der Waals surface area contributed by atoms with E-state index < -0.39 is 0 Å². The zero-order valence-corrected chi connectivity index (χ0v) is 15.0. The molecule has 2 aromatic rings. The second-order valence-corrected chi connectivity index (χ2v) is 6.75. The maximum atomic E-state index is 4.69. The molecular weight excluding hydrogens is 378 g/mol. The third-order valence-electron chi connectivity index (χ3n) is 3.28. The van der Waals surface area contributed by atoms with Crippen molar-refractivity contribution in [2.75, 3.05) is 0 Å². The Kier molecular flexibility index (Phi) is 5.17. The predicted octanol–water partition coefficient (Wildman–Crippen LogP) is 6.01. The second kappa shape index (κ2) is 6.68.